The maximum Gasteiger partial charge on any atom is 0.490 e. The molecule has 0 radical (unpaired) electrons. The van der Waals surface area contributed by atoms with Crippen molar-refractivity contribution >= 4 is 44.7 Å². The van der Waals surface area contributed by atoms with Gasteiger partial charge in [-0.2, -0.15) is 13.2 Å². The summed E-state index contributed by atoms with van der Waals surface area (Å²) in [6.45, 7) is 3.61. The van der Waals surface area contributed by atoms with Gasteiger partial charge in [0.2, 0.25) is 9.84 Å². The standard InChI is InChI=1S/C17H17N3O3S3.C2HF3O2/c1-9-15(10(2)23-20-9)11-5-4-6-12(7-11)26(21,22)14-8-13(16(18)19)25-17(14)24-3;3-2(4,5)1(6)7/h4-8H,1-3H3,(H3,18,19);(H,6,7). The van der Waals surface area contributed by atoms with E-state index in [1.54, 1.807) is 31.4 Å². The van der Waals surface area contributed by atoms with E-state index in [9.17, 15) is 21.6 Å². The molecule has 33 heavy (non-hydrogen) atoms. The SMILES string of the molecule is CSc1sc(C(=N)N)cc1S(=O)(=O)c1cccc(-c2c(C)noc2C)c1.O=C(O)C(F)(F)F. The first-order chi connectivity index (χ1) is 15.2. The average molecular weight is 522 g/mol. The highest BCUT2D eigenvalue weighted by molar-refractivity contribution is 8.01. The van der Waals surface area contributed by atoms with Crippen LogP contribution in [0.3, 0.4) is 0 Å². The third-order valence-corrected chi connectivity index (χ3v) is 8.45. The van der Waals surface area contributed by atoms with E-state index in [-0.39, 0.29) is 15.6 Å². The van der Waals surface area contributed by atoms with Crippen LogP contribution in [-0.4, -0.2) is 42.9 Å². The Hall–Kier alpha value is -2.84. The number of nitrogens with two attached hydrogens (primary N) is 1. The summed E-state index contributed by atoms with van der Waals surface area (Å²) in [7, 11) is -3.75. The predicted octanol–water partition coefficient (Wildman–Crippen LogP) is 4.49. The van der Waals surface area contributed by atoms with E-state index in [1.165, 1.54) is 29.2 Å². The zero-order chi connectivity index (χ0) is 25.1. The van der Waals surface area contributed by atoms with Crippen molar-refractivity contribution in [1.82, 2.24) is 5.16 Å². The van der Waals surface area contributed by atoms with Crippen molar-refractivity contribution in [2.24, 2.45) is 5.73 Å². The molecular formula is C19H18F3N3O5S3. The fourth-order valence-electron chi connectivity index (χ4n) is 2.66. The van der Waals surface area contributed by atoms with Crippen molar-refractivity contribution in [2.45, 2.75) is 34.0 Å². The Morgan fingerprint density at radius 2 is 1.88 bits per heavy atom. The lowest BCUT2D eigenvalue weighted by Gasteiger charge is -2.07. The molecule has 1 aromatic carbocycles. The number of amidine groups is 1. The number of thioether (sulfide) groups is 1. The number of thiophene rings is 1. The fraction of sp³-hybridized carbons (Fsp3) is 0.211. The Labute approximate surface area is 195 Å². The van der Waals surface area contributed by atoms with Crippen LogP contribution in [0.15, 0.2) is 48.9 Å². The molecule has 0 fully saturated rings. The van der Waals surface area contributed by atoms with Gasteiger partial charge in [-0.05, 0) is 43.9 Å². The van der Waals surface area contributed by atoms with Crippen molar-refractivity contribution in [3.63, 3.8) is 0 Å². The van der Waals surface area contributed by atoms with Crippen molar-refractivity contribution < 1.29 is 36.0 Å². The highest BCUT2D eigenvalue weighted by Crippen LogP contribution is 2.38. The Morgan fingerprint density at radius 3 is 2.33 bits per heavy atom. The highest BCUT2D eigenvalue weighted by Gasteiger charge is 2.38. The third kappa shape index (κ3) is 5.94. The summed E-state index contributed by atoms with van der Waals surface area (Å²) in [5.74, 6) is -2.26. The van der Waals surface area contributed by atoms with Crippen LogP contribution in [0.4, 0.5) is 13.2 Å². The lowest BCUT2D eigenvalue weighted by atomic mass is 10.0. The maximum atomic E-state index is 13.2. The highest BCUT2D eigenvalue weighted by atomic mass is 32.2. The number of nitrogen functional groups attached to an aromatic ring is 1. The van der Waals surface area contributed by atoms with Gasteiger partial charge in [0.1, 0.15) is 11.6 Å². The van der Waals surface area contributed by atoms with Gasteiger partial charge in [0.25, 0.3) is 0 Å². The molecule has 2 heterocycles. The first kappa shape index (κ1) is 26.4. The van der Waals surface area contributed by atoms with Crippen LogP contribution in [0.25, 0.3) is 11.1 Å². The van der Waals surface area contributed by atoms with Crippen molar-refractivity contribution in [3.05, 3.63) is 46.7 Å². The molecular weight excluding hydrogens is 503 g/mol. The number of nitrogens with one attached hydrogen (secondary N) is 1. The van der Waals surface area contributed by atoms with Crippen LogP contribution < -0.4 is 5.73 Å². The smallest absolute Gasteiger partial charge is 0.475 e. The first-order valence-electron chi connectivity index (χ1n) is 8.80. The number of carboxylic acids is 1. The van der Waals surface area contributed by atoms with E-state index in [1.807, 2.05) is 13.0 Å². The second-order valence-corrected chi connectivity index (χ2v) is 10.5. The second-order valence-electron chi connectivity index (χ2n) is 6.41. The summed E-state index contributed by atoms with van der Waals surface area (Å²) in [4.78, 5) is 9.69. The summed E-state index contributed by atoms with van der Waals surface area (Å²) < 4.78 is 63.9. The van der Waals surface area contributed by atoms with Gasteiger partial charge in [-0.25, -0.2) is 13.2 Å². The lowest BCUT2D eigenvalue weighted by molar-refractivity contribution is -0.192. The van der Waals surface area contributed by atoms with Crippen molar-refractivity contribution in [2.75, 3.05) is 6.26 Å². The molecule has 0 amide bonds. The fourth-order valence-corrected chi connectivity index (χ4v) is 6.56. The summed E-state index contributed by atoms with van der Waals surface area (Å²) >= 11 is 2.53. The number of halogens is 3. The number of nitrogens with zero attached hydrogens (tertiary/aromatic N) is 1. The number of carbonyl (C=O) groups is 1. The van der Waals surface area contributed by atoms with Crippen LogP contribution >= 0.6 is 23.1 Å². The number of alkyl halides is 3. The molecule has 3 aromatic rings. The van der Waals surface area contributed by atoms with E-state index >= 15 is 0 Å². The number of sulfone groups is 1. The zero-order valence-electron chi connectivity index (χ0n) is 17.4. The number of carboxylic acid groups (broad SMARTS) is 1. The first-order valence-corrected chi connectivity index (χ1v) is 12.3. The van der Waals surface area contributed by atoms with Gasteiger partial charge in [0.15, 0.2) is 0 Å². The molecule has 2 aromatic heterocycles. The Kier molecular flexibility index (Phi) is 7.98. The van der Waals surface area contributed by atoms with E-state index in [4.69, 9.17) is 25.6 Å². The average Bonchev–Trinajstić information content (AvgIpc) is 3.31. The number of aliphatic carboxylic acids is 1. The van der Waals surface area contributed by atoms with Crippen LogP contribution in [0.5, 0.6) is 0 Å². The minimum Gasteiger partial charge on any atom is -0.475 e. The molecule has 0 aliphatic carbocycles. The summed E-state index contributed by atoms with van der Waals surface area (Å²) in [6.07, 6.45) is -3.28. The van der Waals surface area contributed by atoms with Gasteiger partial charge in [0, 0.05) is 5.56 Å². The number of aromatic nitrogens is 1. The number of benzene rings is 1. The normalized spacial score (nSPS) is 11.6. The Bertz CT molecular complexity index is 1280. The Morgan fingerprint density at radius 1 is 1.27 bits per heavy atom. The van der Waals surface area contributed by atoms with Gasteiger partial charge >= 0.3 is 12.1 Å². The summed E-state index contributed by atoms with van der Waals surface area (Å²) in [6, 6.07) is 8.18. The maximum absolute atomic E-state index is 13.2. The lowest BCUT2D eigenvalue weighted by Crippen LogP contribution is -2.21. The molecule has 3 rings (SSSR count). The van der Waals surface area contributed by atoms with Gasteiger partial charge in [0.05, 0.1) is 24.6 Å². The molecule has 0 saturated heterocycles. The largest absolute Gasteiger partial charge is 0.490 e. The molecule has 178 valence electrons. The molecule has 4 N–H and O–H groups in total. The molecule has 0 spiro atoms. The van der Waals surface area contributed by atoms with E-state index in [0.717, 1.165) is 11.1 Å². The van der Waals surface area contributed by atoms with Gasteiger partial charge < -0.3 is 15.4 Å². The number of rotatable bonds is 5. The molecule has 8 nitrogen and oxygen atoms in total. The summed E-state index contributed by atoms with van der Waals surface area (Å²) in [5.41, 5.74) is 7.76. The monoisotopic (exact) mass is 521 g/mol. The topological polar surface area (TPSA) is 147 Å². The minimum absolute atomic E-state index is 0.142. The van der Waals surface area contributed by atoms with Crippen LogP contribution in [0.2, 0.25) is 0 Å². The second kappa shape index (κ2) is 9.97. The van der Waals surface area contributed by atoms with E-state index in [2.05, 4.69) is 5.16 Å². The third-order valence-electron chi connectivity index (χ3n) is 4.12. The molecule has 0 atom stereocenters. The van der Waals surface area contributed by atoms with E-state index in [0.29, 0.717) is 20.5 Å². The van der Waals surface area contributed by atoms with Crippen LogP contribution in [0, 0.1) is 19.3 Å². The molecule has 0 unspecified atom stereocenters. The van der Waals surface area contributed by atoms with Crippen LogP contribution in [0.1, 0.15) is 16.3 Å². The number of hydrogen-bond donors (Lipinski definition) is 3. The molecule has 14 heteroatoms. The van der Waals surface area contributed by atoms with Gasteiger partial charge in [-0.3, -0.25) is 5.41 Å². The molecule has 0 bridgehead atoms. The molecule has 0 aliphatic rings. The van der Waals surface area contributed by atoms with E-state index < -0.39 is 22.0 Å². The van der Waals surface area contributed by atoms with Gasteiger partial charge in [-0.15, -0.1) is 23.1 Å². The molecule has 0 aliphatic heterocycles. The molecule has 0 saturated carbocycles. The minimum atomic E-state index is -5.08. The van der Waals surface area contributed by atoms with Crippen molar-refractivity contribution in [1.29, 1.82) is 5.41 Å². The number of hydrogen-bond acceptors (Lipinski definition) is 8. The van der Waals surface area contributed by atoms with Gasteiger partial charge in [-0.1, -0.05) is 17.3 Å². The van der Waals surface area contributed by atoms with Crippen LogP contribution in [-0.2, 0) is 14.6 Å². The summed E-state index contributed by atoms with van der Waals surface area (Å²) in [5, 5.41) is 18.6. The zero-order valence-corrected chi connectivity index (χ0v) is 19.8. The Balaban J connectivity index is 0.000000479. The quantitative estimate of drug-likeness (QED) is 0.253. The van der Waals surface area contributed by atoms with Crippen molar-refractivity contribution in [3.8, 4) is 11.1 Å². The predicted molar refractivity (Wildman–Crippen MR) is 118 cm³/mol. The number of aryl methyl sites for hydroxylation is 2.